The number of rotatable bonds is 3. The number of hydrogen-bond acceptors (Lipinski definition) is 2. The molecule has 0 bridgehead atoms. The van der Waals surface area contributed by atoms with Gasteiger partial charge in [0.05, 0.1) is 0 Å². The van der Waals surface area contributed by atoms with Gasteiger partial charge in [-0.25, -0.2) is 0 Å². The van der Waals surface area contributed by atoms with E-state index in [-0.39, 0.29) is 5.91 Å². The van der Waals surface area contributed by atoms with Crippen molar-refractivity contribution in [3.63, 3.8) is 0 Å². The topological polar surface area (TPSA) is 29.5 Å². The van der Waals surface area contributed by atoms with Crippen molar-refractivity contribution in [3.05, 3.63) is 58.1 Å². The average Bonchev–Trinajstić information content (AvgIpc) is 2.89. The number of nitrogens with zero attached hydrogens (tertiary/aromatic N) is 1. The molecule has 1 unspecified atom stereocenters. The molecular weight excluding hydrogens is 342 g/mol. The number of carbonyl (C=O) groups excluding carboxylic acids is 1. The van der Waals surface area contributed by atoms with Crippen LogP contribution in [0.4, 0.5) is 5.69 Å². The minimum Gasteiger partial charge on any atom is -0.481 e. The number of aryl methyl sites for hydroxylation is 1. The highest BCUT2D eigenvalue weighted by Crippen LogP contribution is 2.31. The highest BCUT2D eigenvalue weighted by molar-refractivity contribution is 9.10. The summed E-state index contributed by atoms with van der Waals surface area (Å²) in [4.78, 5) is 14.5. The molecule has 1 heterocycles. The summed E-state index contributed by atoms with van der Waals surface area (Å²) in [5, 5.41) is 0. The number of fused-ring (bicyclic) bond motifs is 1. The second kappa shape index (κ2) is 6.13. The summed E-state index contributed by atoms with van der Waals surface area (Å²) >= 11 is 3.47. The third kappa shape index (κ3) is 3.02. The van der Waals surface area contributed by atoms with Gasteiger partial charge >= 0.3 is 0 Å². The molecule has 0 aromatic heterocycles. The Morgan fingerprint density at radius 1 is 1.27 bits per heavy atom. The maximum atomic E-state index is 12.7. The smallest absolute Gasteiger partial charge is 0.267 e. The van der Waals surface area contributed by atoms with Crippen molar-refractivity contribution in [1.82, 2.24) is 0 Å². The van der Waals surface area contributed by atoms with Crippen LogP contribution in [0, 0.1) is 6.92 Å². The highest BCUT2D eigenvalue weighted by atomic mass is 79.9. The van der Waals surface area contributed by atoms with E-state index in [4.69, 9.17) is 4.74 Å². The number of hydrogen-bond donors (Lipinski definition) is 0. The molecule has 114 valence electrons. The van der Waals surface area contributed by atoms with Gasteiger partial charge in [-0.15, -0.1) is 0 Å². The van der Waals surface area contributed by atoms with Gasteiger partial charge in [-0.3, -0.25) is 4.79 Å². The van der Waals surface area contributed by atoms with Gasteiger partial charge in [-0.2, -0.15) is 0 Å². The van der Waals surface area contributed by atoms with Crippen LogP contribution >= 0.6 is 15.9 Å². The zero-order chi connectivity index (χ0) is 15.7. The van der Waals surface area contributed by atoms with E-state index in [2.05, 4.69) is 22.0 Å². The molecule has 1 amide bonds. The van der Waals surface area contributed by atoms with Crippen molar-refractivity contribution in [3.8, 4) is 5.75 Å². The first-order valence-electron chi connectivity index (χ1n) is 7.38. The molecule has 1 aliphatic rings. The Kier molecular flexibility index (Phi) is 4.21. The van der Waals surface area contributed by atoms with Crippen molar-refractivity contribution < 1.29 is 9.53 Å². The van der Waals surface area contributed by atoms with Crippen LogP contribution in [-0.4, -0.2) is 18.6 Å². The maximum absolute atomic E-state index is 12.7. The monoisotopic (exact) mass is 359 g/mol. The van der Waals surface area contributed by atoms with Crippen molar-refractivity contribution in [1.29, 1.82) is 0 Å². The average molecular weight is 360 g/mol. The van der Waals surface area contributed by atoms with E-state index in [1.807, 2.05) is 55.1 Å². The van der Waals surface area contributed by atoms with E-state index in [0.29, 0.717) is 6.54 Å². The normalized spacial score (nSPS) is 14.6. The fourth-order valence-corrected chi connectivity index (χ4v) is 3.17. The molecule has 0 fully saturated rings. The lowest BCUT2D eigenvalue weighted by Gasteiger charge is -2.22. The number of ether oxygens (including phenoxy) is 1. The van der Waals surface area contributed by atoms with Crippen molar-refractivity contribution in [2.45, 2.75) is 26.4 Å². The van der Waals surface area contributed by atoms with Gasteiger partial charge in [-0.1, -0.05) is 28.1 Å². The molecule has 3 nitrogen and oxygen atoms in total. The van der Waals surface area contributed by atoms with E-state index in [0.717, 1.165) is 27.9 Å². The van der Waals surface area contributed by atoms with E-state index in [1.54, 1.807) is 0 Å². The lowest BCUT2D eigenvalue weighted by atomic mass is 10.2. The molecule has 4 heteroatoms. The zero-order valence-corrected chi connectivity index (χ0v) is 14.3. The van der Waals surface area contributed by atoms with Crippen molar-refractivity contribution in [2.24, 2.45) is 0 Å². The Hall–Kier alpha value is -1.81. The van der Waals surface area contributed by atoms with Crippen LogP contribution < -0.4 is 9.64 Å². The van der Waals surface area contributed by atoms with Gasteiger partial charge in [-0.05, 0) is 61.7 Å². The van der Waals surface area contributed by atoms with Gasteiger partial charge in [0.1, 0.15) is 5.75 Å². The SMILES string of the molecule is Cc1cccc(OC(C)C(=O)N2CCc3cc(Br)ccc32)c1. The fraction of sp³-hybridized carbons (Fsp3) is 0.278. The summed E-state index contributed by atoms with van der Waals surface area (Å²) in [5.41, 5.74) is 3.31. The third-order valence-electron chi connectivity index (χ3n) is 3.85. The third-order valence-corrected chi connectivity index (χ3v) is 4.35. The summed E-state index contributed by atoms with van der Waals surface area (Å²) in [6, 6.07) is 13.8. The molecule has 2 aromatic carbocycles. The first-order valence-corrected chi connectivity index (χ1v) is 8.17. The zero-order valence-electron chi connectivity index (χ0n) is 12.7. The molecule has 22 heavy (non-hydrogen) atoms. The van der Waals surface area contributed by atoms with Crippen LogP contribution in [0.1, 0.15) is 18.1 Å². The minimum absolute atomic E-state index is 0.00239. The minimum atomic E-state index is -0.503. The van der Waals surface area contributed by atoms with E-state index in [9.17, 15) is 4.79 Å². The van der Waals surface area contributed by atoms with E-state index < -0.39 is 6.10 Å². The van der Waals surface area contributed by atoms with Crippen LogP contribution in [0.25, 0.3) is 0 Å². The Morgan fingerprint density at radius 2 is 2.09 bits per heavy atom. The molecule has 0 aliphatic carbocycles. The number of amides is 1. The van der Waals surface area contributed by atoms with Crippen molar-refractivity contribution >= 4 is 27.5 Å². The lowest BCUT2D eigenvalue weighted by molar-refractivity contribution is -0.124. The first-order chi connectivity index (χ1) is 10.5. The highest BCUT2D eigenvalue weighted by Gasteiger charge is 2.29. The molecule has 0 N–H and O–H groups in total. The van der Waals surface area contributed by atoms with Crippen LogP contribution in [0.3, 0.4) is 0 Å². The summed E-state index contributed by atoms with van der Waals surface area (Å²) in [5.74, 6) is 0.735. The standard InChI is InChI=1S/C18H18BrNO2/c1-12-4-3-5-16(10-12)22-13(2)18(21)20-9-8-14-11-15(19)6-7-17(14)20/h3-7,10-11,13H,8-9H2,1-2H3. The number of benzene rings is 2. The van der Waals surface area contributed by atoms with Crippen molar-refractivity contribution in [2.75, 3.05) is 11.4 Å². The second-order valence-electron chi connectivity index (χ2n) is 5.59. The molecule has 0 radical (unpaired) electrons. The fourth-order valence-electron chi connectivity index (χ4n) is 2.76. The molecular formula is C18H18BrNO2. The Balaban J connectivity index is 1.75. The predicted octanol–water partition coefficient (Wildman–Crippen LogP) is 4.11. The summed E-state index contributed by atoms with van der Waals surface area (Å²) < 4.78 is 6.85. The van der Waals surface area contributed by atoms with E-state index in [1.165, 1.54) is 5.56 Å². The van der Waals surface area contributed by atoms with Crippen LogP contribution in [0.5, 0.6) is 5.75 Å². The maximum Gasteiger partial charge on any atom is 0.267 e. The number of halogens is 1. The van der Waals surface area contributed by atoms with E-state index >= 15 is 0 Å². The molecule has 1 aliphatic heterocycles. The number of anilines is 1. The molecule has 0 saturated carbocycles. The Bertz CT molecular complexity index is 714. The Morgan fingerprint density at radius 3 is 2.86 bits per heavy atom. The largest absolute Gasteiger partial charge is 0.481 e. The summed E-state index contributed by atoms with van der Waals surface area (Å²) in [6.07, 6.45) is 0.383. The second-order valence-corrected chi connectivity index (χ2v) is 6.51. The molecule has 0 saturated heterocycles. The van der Waals surface area contributed by atoms with Crippen LogP contribution in [0.15, 0.2) is 46.9 Å². The van der Waals surface area contributed by atoms with Gasteiger partial charge in [0.15, 0.2) is 6.10 Å². The lowest BCUT2D eigenvalue weighted by Crippen LogP contribution is -2.39. The number of carbonyl (C=O) groups is 1. The summed E-state index contributed by atoms with van der Waals surface area (Å²) in [7, 11) is 0. The molecule has 2 aromatic rings. The molecule has 0 spiro atoms. The van der Waals surface area contributed by atoms with Gasteiger partial charge in [0.2, 0.25) is 0 Å². The molecule has 1 atom stereocenters. The van der Waals surface area contributed by atoms with Gasteiger partial charge in [0, 0.05) is 16.7 Å². The summed E-state index contributed by atoms with van der Waals surface area (Å²) in [6.45, 7) is 4.53. The molecule has 3 rings (SSSR count). The Labute approximate surface area is 139 Å². The quantitative estimate of drug-likeness (QED) is 0.824. The van der Waals surface area contributed by atoms with Gasteiger partial charge < -0.3 is 9.64 Å². The first kappa shape index (κ1) is 15.1. The van der Waals surface area contributed by atoms with Crippen LogP contribution in [0.2, 0.25) is 0 Å². The van der Waals surface area contributed by atoms with Gasteiger partial charge in [0.25, 0.3) is 5.91 Å². The van der Waals surface area contributed by atoms with Crippen LogP contribution in [-0.2, 0) is 11.2 Å². The predicted molar refractivity (Wildman–Crippen MR) is 91.5 cm³/mol.